The van der Waals surface area contributed by atoms with Crippen molar-refractivity contribution in [3.63, 3.8) is 0 Å². The Morgan fingerprint density at radius 3 is 2.83 bits per heavy atom. The maximum Gasteiger partial charge on any atom is 0.221 e. The standard InChI is InChI=1S/C18H30N4OS/c23-17-14-16-6-1-3-11-22(16)12-5-10-21(9-4-2-7-19-17)15-18-20-8-13-24-18/h8,13,16H,1-7,9-12,14-15H2,(H,19,23). The average molecular weight is 351 g/mol. The molecule has 0 bridgehead atoms. The Morgan fingerprint density at radius 1 is 1.12 bits per heavy atom. The van der Waals surface area contributed by atoms with Crippen LogP contribution in [-0.4, -0.2) is 59.5 Å². The number of amides is 1. The highest BCUT2D eigenvalue weighted by atomic mass is 32.1. The van der Waals surface area contributed by atoms with Crippen LogP contribution in [0, 0.1) is 0 Å². The summed E-state index contributed by atoms with van der Waals surface area (Å²) >= 11 is 1.75. The summed E-state index contributed by atoms with van der Waals surface area (Å²) in [6, 6.07) is 0.451. The molecule has 2 fully saturated rings. The average Bonchev–Trinajstić information content (AvgIpc) is 3.08. The Hall–Kier alpha value is -0.980. The lowest BCUT2D eigenvalue weighted by atomic mass is 9.98. The predicted molar refractivity (Wildman–Crippen MR) is 98.1 cm³/mol. The minimum Gasteiger partial charge on any atom is -0.356 e. The van der Waals surface area contributed by atoms with Gasteiger partial charge < -0.3 is 5.32 Å². The fourth-order valence-electron chi connectivity index (χ4n) is 3.85. The van der Waals surface area contributed by atoms with Crippen LogP contribution < -0.4 is 5.32 Å². The summed E-state index contributed by atoms with van der Waals surface area (Å²) < 4.78 is 0. The van der Waals surface area contributed by atoms with Crippen LogP contribution in [0.3, 0.4) is 0 Å². The number of rotatable bonds is 2. The molecule has 1 amide bonds. The van der Waals surface area contributed by atoms with Gasteiger partial charge in [-0.15, -0.1) is 11.3 Å². The second-order valence-corrected chi connectivity index (χ2v) is 7.98. The van der Waals surface area contributed by atoms with Gasteiger partial charge in [0, 0.05) is 30.6 Å². The van der Waals surface area contributed by atoms with Crippen molar-refractivity contribution in [1.29, 1.82) is 0 Å². The van der Waals surface area contributed by atoms with E-state index < -0.39 is 0 Å². The lowest BCUT2D eigenvalue weighted by molar-refractivity contribution is -0.122. The van der Waals surface area contributed by atoms with Gasteiger partial charge >= 0.3 is 0 Å². The maximum atomic E-state index is 12.2. The number of hydrogen-bond donors (Lipinski definition) is 1. The molecule has 0 radical (unpaired) electrons. The minimum absolute atomic E-state index is 0.241. The van der Waals surface area contributed by atoms with E-state index in [1.165, 1.54) is 30.7 Å². The molecule has 1 N–H and O–H groups in total. The van der Waals surface area contributed by atoms with Crippen molar-refractivity contribution in [2.75, 3.05) is 32.7 Å². The highest BCUT2D eigenvalue weighted by Gasteiger charge is 2.24. The summed E-state index contributed by atoms with van der Waals surface area (Å²) in [5.74, 6) is 0.241. The van der Waals surface area contributed by atoms with Crippen LogP contribution >= 0.6 is 11.3 Å². The third-order valence-corrected chi connectivity index (χ3v) is 5.92. The first-order valence-corrected chi connectivity index (χ1v) is 10.3. The lowest BCUT2D eigenvalue weighted by Crippen LogP contribution is -2.43. The second-order valence-electron chi connectivity index (χ2n) is 7.00. The number of fused-ring (bicyclic) bond motifs is 1. The van der Waals surface area contributed by atoms with Gasteiger partial charge in [0.05, 0.1) is 6.54 Å². The summed E-state index contributed by atoms with van der Waals surface area (Å²) in [6.45, 7) is 6.28. The monoisotopic (exact) mass is 350 g/mol. The van der Waals surface area contributed by atoms with Crippen LogP contribution in [0.4, 0.5) is 0 Å². The Bertz CT molecular complexity index is 493. The molecule has 0 aliphatic carbocycles. The zero-order valence-corrected chi connectivity index (χ0v) is 15.4. The molecule has 1 aromatic heterocycles. The fourth-order valence-corrected chi connectivity index (χ4v) is 4.51. The van der Waals surface area contributed by atoms with Crippen molar-refractivity contribution in [3.05, 3.63) is 16.6 Å². The summed E-state index contributed by atoms with van der Waals surface area (Å²) in [5.41, 5.74) is 0. The van der Waals surface area contributed by atoms with Gasteiger partial charge in [0.2, 0.25) is 5.91 Å². The van der Waals surface area contributed by atoms with E-state index in [4.69, 9.17) is 0 Å². The van der Waals surface area contributed by atoms with E-state index >= 15 is 0 Å². The molecule has 0 aromatic carbocycles. The molecule has 1 unspecified atom stereocenters. The van der Waals surface area contributed by atoms with Gasteiger partial charge in [-0.1, -0.05) is 6.42 Å². The number of thiazole rings is 1. The number of carbonyl (C=O) groups is 1. The summed E-state index contributed by atoms with van der Waals surface area (Å²) in [7, 11) is 0. The van der Waals surface area contributed by atoms with Gasteiger partial charge in [-0.2, -0.15) is 0 Å². The summed E-state index contributed by atoms with van der Waals surface area (Å²) in [4.78, 5) is 21.7. The number of nitrogens with one attached hydrogen (secondary N) is 1. The Balaban J connectivity index is 1.58. The topological polar surface area (TPSA) is 48.5 Å². The molecule has 6 heteroatoms. The first-order valence-electron chi connectivity index (χ1n) is 9.43. The van der Waals surface area contributed by atoms with E-state index in [2.05, 4.69) is 25.5 Å². The third kappa shape index (κ3) is 5.53. The second kappa shape index (κ2) is 9.49. The molecule has 0 spiro atoms. The molecule has 2 saturated heterocycles. The van der Waals surface area contributed by atoms with E-state index in [1.807, 2.05) is 6.20 Å². The van der Waals surface area contributed by atoms with Crippen molar-refractivity contribution in [2.24, 2.45) is 0 Å². The quantitative estimate of drug-likeness (QED) is 0.890. The molecule has 1 atom stereocenters. The molecule has 134 valence electrons. The van der Waals surface area contributed by atoms with Gasteiger partial charge in [0.15, 0.2) is 0 Å². The van der Waals surface area contributed by atoms with Crippen LogP contribution in [0.1, 0.15) is 50.0 Å². The zero-order chi connectivity index (χ0) is 16.6. The van der Waals surface area contributed by atoms with Crippen LogP contribution in [-0.2, 0) is 11.3 Å². The van der Waals surface area contributed by atoms with E-state index in [9.17, 15) is 4.79 Å². The molecule has 3 rings (SSSR count). The van der Waals surface area contributed by atoms with Gasteiger partial charge in [-0.25, -0.2) is 4.98 Å². The molecule has 1 aromatic rings. The zero-order valence-electron chi connectivity index (χ0n) is 14.6. The Labute approximate surface area is 149 Å². The van der Waals surface area contributed by atoms with Gasteiger partial charge in [0.25, 0.3) is 0 Å². The minimum atomic E-state index is 0.241. The van der Waals surface area contributed by atoms with Crippen LogP contribution in [0.5, 0.6) is 0 Å². The highest BCUT2D eigenvalue weighted by Crippen LogP contribution is 2.20. The van der Waals surface area contributed by atoms with Gasteiger partial charge in [-0.3, -0.25) is 14.6 Å². The van der Waals surface area contributed by atoms with Crippen molar-refractivity contribution < 1.29 is 4.79 Å². The predicted octanol–water partition coefficient (Wildman–Crippen LogP) is 2.49. The molecule has 0 saturated carbocycles. The van der Waals surface area contributed by atoms with Gasteiger partial charge in [0.1, 0.15) is 5.01 Å². The molecule has 5 nitrogen and oxygen atoms in total. The van der Waals surface area contributed by atoms with Crippen molar-refractivity contribution in [2.45, 2.75) is 57.5 Å². The normalized spacial score (nSPS) is 25.8. The first-order chi connectivity index (χ1) is 11.8. The maximum absolute atomic E-state index is 12.2. The van der Waals surface area contributed by atoms with Crippen LogP contribution in [0.15, 0.2) is 11.6 Å². The summed E-state index contributed by atoms with van der Waals surface area (Å²) in [5, 5.41) is 6.39. The van der Waals surface area contributed by atoms with E-state index in [0.29, 0.717) is 12.5 Å². The largest absolute Gasteiger partial charge is 0.356 e. The lowest BCUT2D eigenvalue weighted by Gasteiger charge is -2.35. The van der Waals surface area contributed by atoms with Gasteiger partial charge in [-0.05, 0) is 58.3 Å². The third-order valence-electron chi connectivity index (χ3n) is 5.16. The SMILES string of the molecule is O=C1CC2CCCCN2CCCN(Cc2nccs2)CCCCN1. The van der Waals surface area contributed by atoms with Crippen LogP contribution in [0.25, 0.3) is 0 Å². The first kappa shape index (κ1) is 17.8. The van der Waals surface area contributed by atoms with E-state index in [0.717, 1.165) is 52.1 Å². The molecular formula is C18H30N4OS. The van der Waals surface area contributed by atoms with E-state index in [-0.39, 0.29) is 5.91 Å². The number of nitrogens with zero attached hydrogens (tertiary/aromatic N) is 3. The number of piperidine rings is 1. The fraction of sp³-hybridized carbons (Fsp3) is 0.778. The molecule has 3 heterocycles. The van der Waals surface area contributed by atoms with Crippen molar-refractivity contribution in [1.82, 2.24) is 20.1 Å². The Morgan fingerprint density at radius 2 is 1.96 bits per heavy atom. The van der Waals surface area contributed by atoms with E-state index in [1.54, 1.807) is 11.3 Å². The smallest absolute Gasteiger partial charge is 0.221 e. The molecular weight excluding hydrogens is 320 g/mol. The summed E-state index contributed by atoms with van der Waals surface area (Å²) in [6.07, 6.45) is 9.69. The molecule has 24 heavy (non-hydrogen) atoms. The van der Waals surface area contributed by atoms with Crippen molar-refractivity contribution in [3.8, 4) is 0 Å². The number of carbonyl (C=O) groups excluding carboxylic acids is 1. The number of aromatic nitrogens is 1. The van der Waals surface area contributed by atoms with Crippen LogP contribution in [0.2, 0.25) is 0 Å². The Kier molecular flexibility index (Phi) is 7.05. The highest BCUT2D eigenvalue weighted by molar-refractivity contribution is 7.09. The molecule has 2 aliphatic rings. The molecule has 2 aliphatic heterocycles. The van der Waals surface area contributed by atoms with Crippen molar-refractivity contribution >= 4 is 17.2 Å². The number of hydrogen-bond acceptors (Lipinski definition) is 5.